The zero-order valence-electron chi connectivity index (χ0n) is 31.0. The van der Waals surface area contributed by atoms with Crippen LogP contribution in [-0.2, 0) is 14.3 Å². The number of rotatable bonds is 9. The average Bonchev–Trinajstić information content (AvgIpc) is 3.48. The van der Waals surface area contributed by atoms with Gasteiger partial charge in [0.05, 0.1) is 44.1 Å². The summed E-state index contributed by atoms with van der Waals surface area (Å²) in [6.07, 6.45) is 8.69. The van der Waals surface area contributed by atoms with E-state index in [1.54, 1.807) is 13.0 Å². The Morgan fingerprint density at radius 1 is 1.23 bits per heavy atom. The molecule has 2 unspecified atom stereocenters. The number of nitrogens with two attached hydrogens (primary N) is 2. The molecule has 4 fully saturated rings. The summed E-state index contributed by atoms with van der Waals surface area (Å²) in [4.78, 5) is 18.8. The molecular weight excluding hydrogens is 721 g/mol. The van der Waals surface area contributed by atoms with Crippen molar-refractivity contribution in [2.75, 3.05) is 68.7 Å². The Balaban J connectivity index is 1.33. The van der Waals surface area contributed by atoms with Crippen LogP contribution in [0.4, 0.5) is 15.9 Å². The van der Waals surface area contributed by atoms with Gasteiger partial charge < -0.3 is 30.0 Å². The van der Waals surface area contributed by atoms with E-state index >= 15 is 4.39 Å². The third-order valence-electron chi connectivity index (χ3n) is 12.1. The number of halogens is 2. The molecule has 12 nitrogen and oxygen atoms in total. The summed E-state index contributed by atoms with van der Waals surface area (Å²) in [6, 6.07) is 2.39. The van der Waals surface area contributed by atoms with Crippen molar-refractivity contribution in [3.05, 3.63) is 28.0 Å². The van der Waals surface area contributed by atoms with E-state index in [-0.39, 0.29) is 57.6 Å². The van der Waals surface area contributed by atoms with Gasteiger partial charge in [-0.15, -0.1) is 0 Å². The lowest BCUT2D eigenvalue weighted by Gasteiger charge is -2.50. The molecule has 0 radical (unpaired) electrons. The number of hydrogen-bond acceptors (Lipinski definition) is 11. The quantitative estimate of drug-likeness (QED) is 0.166. The summed E-state index contributed by atoms with van der Waals surface area (Å²) in [5, 5.41) is 17.9. The molecule has 5 heterocycles. The van der Waals surface area contributed by atoms with Gasteiger partial charge in [-0.25, -0.2) is 9.37 Å². The Bertz CT molecular complexity index is 2010. The van der Waals surface area contributed by atoms with Gasteiger partial charge in [-0.1, -0.05) is 24.9 Å². The summed E-state index contributed by atoms with van der Waals surface area (Å²) in [6.45, 7) is 6.06. The molecule has 1 saturated carbocycles. The molecule has 3 atom stereocenters. The highest BCUT2D eigenvalue weighted by atomic mass is 35.5. The number of ether oxygens (including phenoxy) is 3. The number of benzene rings is 1. The van der Waals surface area contributed by atoms with Crippen molar-refractivity contribution >= 4 is 55.6 Å². The van der Waals surface area contributed by atoms with Crippen LogP contribution in [0.1, 0.15) is 69.4 Å². The zero-order valence-corrected chi connectivity index (χ0v) is 32.5. The zero-order chi connectivity index (χ0) is 37.7. The first kappa shape index (κ1) is 38.0. The van der Waals surface area contributed by atoms with Gasteiger partial charge in [0.1, 0.15) is 28.0 Å². The summed E-state index contributed by atoms with van der Waals surface area (Å²) < 4.78 is 48.2. The van der Waals surface area contributed by atoms with Gasteiger partial charge in [0, 0.05) is 46.8 Å². The Morgan fingerprint density at radius 3 is 2.70 bits per heavy atom. The molecule has 53 heavy (non-hydrogen) atoms. The minimum Gasteiger partial charge on any atom is -0.480 e. The second-order valence-corrected chi connectivity index (χ2v) is 18.6. The van der Waals surface area contributed by atoms with Gasteiger partial charge in [-0.05, 0) is 85.4 Å². The highest BCUT2D eigenvalue weighted by Gasteiger charge is 2.50. The van der Waals surface area contributed by atoms with Crippen LogP contribution in [0.2, 0.25) is 5.02 Å². The number of piperidine rings is 1. The van der Waals surface area contributed by atoms with Crippen molar-refractivity contribution in [1.29, 1.82) is 0 Å². The Morgan fingerprint density at radius 2 is 1.98 bits per heavy atom. The maximum absolute atomic E-state index is 17.2. The van der Waals surface area contributed by atoms with Crippen molar-refractivity contribution in [1.82, 2.24) is 19.9 Å². The fourth-order valence-corrected chi connectivity index (χ4v) is 11.0. The second-order valence-electron chi connectivity index (χ2n) is 15.4. The van der Waals surface area contributed by atoms with Crippen LogP contribution in [0.15, 0.2) is 6.07 Å². The van der Waals surface area contributed by atoms with Crippen molar-refractivity contribution in [2.24, 2.45) is 5.41 Å². The lowest BCUT2D eigenvalue weighted by Crippen LogP contribution is -2.56. The predicted octanol–water partition coefficient (Wildman–Crippen LogP) is 3.43. The molecule has 1 aliphatic carbocycles. The molecule has 4 aliphatic rings. The maximum atomic E-state index is 17.2. The Labute approximate surface area is 316 Å². The lowest BCUT2D eigenvalue weighted by atomic mass is 9.74. The number of fused-ring (bicyclic) bond motifs is 2. The topological polar surface area (TPSA) is 162 Å². The van der Waals surface area contributed by atoms with Crippen LogP contribution in [0, 0.1) is 18.2 Å². The van der Waals surface area contributed by atoms with Crippen LogP contribution in [0.3, 0.4) is 0 Å². The average molecular weight is 773 g/mol. The third kappa shape index (κ3) is 7.05. The number of likely N-dealkylation sites (tertiary alicyclic amines) is 1. The van der Waals surface area contributed by atoms with E-state index < -0.39 is 20.9 Å². The molecule has 7 rings (SSSR count). The molecule has 288 valence electrons. The first-order valence-electron chi connectivity index (χ1n) is 18.7. The normalized spacial score (nSPS) is 29.5. The molecule has 3 aromatic rings. The van der Waals surface area contributed by atoms with Crippen molar-refractivity contribution in [3.8, 4) is 23.1 Å². The first-order valence-corrected chi connectivity index (χ1v) is 21.1. The smallest absolute Gasteiger partial charge is 0.319 e. The number of aliphatic hydroxyl groups is 1. The number of hydrogen-bond donors (Lipinski definition) is 3. The molecule has 0 amide bonds. The number of β-amino-alcohol motifs (C(OH)–C–C–N with tert-alkyl or cyclic N) is 1. The highest BCUT2D eigenvalue weighted by molar-refractivity contribution is 8.00. The van der Waals surface area contributed by atoms with Gasteiger partial charge in [0.25, 0.3) is 0 Å². The van der Waals surface area contributed by atoms with E-state index in [9.17, 15) is 9.32 Å². The van der Waals surface area contributed by atoms with Crippen LogP contribution in [0.5, 0.6) is 11.9 Å². The number of methoxy groups -OCH3 is 1. The summed E-state index contributed by atoms with van der Waals surface area (Å²) in [7, 11) is -0.534. The standard InChI is InChI=1S/C38H51ClFN7O5S/c1-5-38(48)20-46(14-15-51-22-38)34-29-33(31(40)32(43-35(29)50-3)28-25(19-41)26(42)18-23(2)30(28)39)44-36(45-34)52-21-37-11-6-8-27(37)47(13-7-12-37)24-9-16-53(4,49)17-10-24/h18-19,24,27,41,48H,4-17,20-22,42H2,1-3H3/p+1/t24?,27?,37?,38-,53?/m0/s1. The molecule has 3 aliphatic heterocycles. The van der Waals surface area contributed by atoms with E-state index in [1.165, 1.54) is 13.3 Å². The monoisotopic (exact) mass is 772 g/mol. The fourth-order valence-electron chi connectivity index (χ4n) is 9.13. The van der Waals surface area contributed by atoms with Crippen LogP contribution in [-0.4, -0.2) is 117 Å². The Kier molecular flexibility index (Phi) is 10.6. The second kappa shape index (κ2) is 14.7. The van der Waals surface area contributed by atoms with Crippen molar-refractivity contribution < 1.29 is 33.3 Å². The number of anilines is 2. The summed E-state index contributed by atoms with van der Waals surface area (Å²) >= 11 is 6.81. The van der Waals surface area contributed by atoms with Gasteiger partial charge in [-0.2, -0.15) is 9.97 Å². The molecule has 2 aromatic heterocycles. The van der Waals surface area contributed by atoms with Gasteiger partial charge in [0.15, 0.2) is 12.0 Å². The van der Waals surface area contributed by atoms with Crippen LogP contribution < -0.4 is 25.5 Å². The molecule has 0 spiro atoms. The number of nitrogen functional groups attached to an aromatic ring is 1. The maximum Gasteiger partial charge on any atom is 0.319 e. The molecule has 1 aromatic carbocycles. The third-order valence-corrected chi connectivity index (χ3v) is 14.5. The molecule has 15 heteroatoms. The van der Waals surface area contributed by atoms with Gasteiger partial charge >= 0.3 is 6.01 Å². The van der Waals surface area contributed by atoms with Crippen molar-refractivity contribution in [3.63, 3.8) is 0 Å². The predicted molar refractivity (Wildman–Crippen MR) is 208 cm³/mol. The Hall–Kier alpha value is -3.30. The number of aryl methyl sites for hydroxylation is 1. The summed E-state index contributed by atoms with van der Waals surface area (Å²) in [5.74, 6) is 4.95. The minimum absolute atomic E-state index is 0.0166. The highest BCUT2D eigenvalue weighted by Crippen LogP contribution is 2.50. The number of pyridine rings is 1. The molecule has 0 bridgehead atoms. The largest absolute Gasteiger partial charge is 0.480 e. The molecule has 5 N–H and O–H groups in total. The van der Waals surface area contributed by atoms with Gasteiger partial charge in [0.2, 0.25) is 5.88 Å². The first-order chi connectivity index (χ1) is 25.3. The van der Waals surface area contributed by atoms with Crippen LogP contribution >= 0.6 is 11.6 Å². The van der Waals surface area contributed by atoms with Gasteiger partial charge in [-0.3, -0.25) is 14.5 Å². The minimum atomic E-state index is -1.98. The lowest BCUT2D eigenvalue weighted by molar-refractivity contribution is -0.104. The number of nitrogens with zero attached hydrogens (tertiary/aromatic N) is 5. The van der Waals surface area contributed by atoms with E-state index in [0.29, 0.717) is 72.4 Å². The molecular formula is C38H52ClFN7O5S+. The van der Waals surface area contributed by atoms with Crippen LogP contribution in [0.25, 0.3) is 22.2 Å². The van der Waals surface area contributed by atoms with E-state index in [1.807, 2.05) is 11.8 Å². The van der Waals surface area contributed by atoms with E-state index in [0.717, 1.165) is 51.5 Å². The van der Waals surface area contributed by atoms with E-state index in [4.69, 9.17) is 46.9 Å². The molecule has 3 saturated heterocycles. The summed E-state index contributed by atoms with van der Waals surface area (Å²) in [5.41, 5.74) is 6.35. The van der Waals surface area contributed by atoms with Crippen molar-refractivity contribution in [2.45, 2.75) is 82.9 Å². The van der Waals surface area contributed by atoms with E-state index in [2.05, 4.69) is 15.8 Å². The fraction of sp³-hybridized carbons (Fsp3) is 0.605. The SMILES string of the molecule is C=S1(=O)CCC(N2CCCC3(COc4nc(N5CCOC[C@](O)(CC)C5)c5c(OC)nc(-c6c(Cl)c(C)cc(N)c6C=[NH2+])c(F)c5n4)CCCC23)CC1. The number of aromatic nitrogens is 3.